The first kappa shape index (κ1) is 16.7. The van der Waals surface area contributed by atoms with Crippen LogP contribution in [0.3, 0.4) is 0 Å². The highest BCUT2D eigenvalue weighted by molar-refractivity contribution is 5.94. The molecule has 2 atom stereocenters. The molecule has 0 spiro atoms. The van der Waals surface area contributed by atoms with Gasteiger partial charge in [0.1, 0.15) is 0 Å². The molecule has 1 aliphatic rings. The number of nitrogens with zero attached hydrogens (tertiary/aromatic N) is 3. The van der Waals surface area contributed by atoms with Gasteiger partial charge in [0.25, 0.3) is 5.91 Å². The second kappa shape index (κ2) is 7.58. The highest BCUT2D eigenvalue weighted by atomic mass is 16.2. The Bertz CT molecular complexity index is 659. The van der Waals surface area contributed by atoms with Crippen LogP contribution in [-0.2, 0) is 0 Å². The third-order valence-corrected chi connectivity index (χ3v) is 4.99. The van der Waals surface area contributed by atoms with Gasteiger partial charge < -0.3 is 4.90 Å². The Hall–Kier alpha value is -2.20. The van der Waals surface area contributed by atoms with Crippen molar-refractivity contribution in [2.24, 2.45) is 0 Å². The zero-order chi connectivity index (χ0) is 16.9. The number of likely N-dealkylation sites (N-methyl/N-ethyl adjacent to an activating group) is 1. The number of hydrogen-bond donors (Lipinski definition) is 0. The van der Waals surface area contributed by atoms with Gasteiger partial charge in [-0.05, 0) is 38.0 Å². The van der Waals surface area contributed by atoms with Gasteiger partial charge in [0.15, 0.2) is 0 Å². The number of benzene rings is 1. The summed E-state index contributed by atoms with van der Waals surface area (Å²) in [5, 5.41) is 0. The van der Waals surface area contributed by atoms with E-state index in [9.17, 15) is 4.79 Å². The highest BCUT2D eigenvalue weighted by Crippen LogP contribution is 2.27. The van der Waals surface area contributed by atoms with Gasteiger partial charge in [-0.15, -0.1) is 0 Å². The second-order valence-electron chi connectivity index (χ2n) is 6.35. The fourth-order valence-electron chi connectivity index (χ4n) is 3.54. The van der Waals surface area contributed by atoms with E-state index >= 15 is 0 Å². The van der Waals surface area contributed by atoms with Gasteiger partial charge in [-0.2, -0.15) is 0 Å². The number of carbonyl (C=O) groups is 1. The molecule has 0 unspecified atom stereocenters. The second-order valence-corrected chi connectivity index (χ2v) is 6.35. The summed E-state index contributed by atoms with van der Waals surface area (Å²) in [6.45, 7) is 7.00. The van der Waals surface area contributed by atoms with Crippen LogP contribution in [-0.4, -0.2) is 46.4 Å². The van der Waals surface area contributed by atoms with Crippen LogP contribution in [0.2, 0.25) is 0 Å². The van der Waals surface area contributed by atoms with Gasteiger partial charge in [-0.1, -0.05) is 30.3 Å². The van der Waals surface area contributed by atoms with Crippen LogP contribution in [0, 0.1) is 0 Å². The fraction of sp³-hybridized carbons (Fsp3) is 0.400. The van der Waals surface area contributed by atoms with E-state index < -0.39 is 0 Å². The van der Waals surface area contributed by atoms with Crippen molar-refractivity contribution in [1.82, 2.24) is 14.8 Å². The smallest absolute Gasteiger partial charge is 0.254 e. The molecule has 0 saturated carbocycles. The lowest BCUT2D eigenvalue weighted by Crippen LogP contribution is -2.42. The molecule has 1 aromatic carbocycles. The Morgan fingerprint density at radius 2 is 1.96 bits per heavy atom. The summed E-state index contributed by atoms with van der Waals surface area (Å²) in [5.41, 5.74) is 2.06. The van der Waals surface area contributed by atoms with Gasteiger partial charge in [0.05, 0.1) is 0 Å². The molecule has 1 aliphatic heterocycles. The Kier molecular flexibility index (Phi) is 5.26. The van der Waals surface area contributed by atoms with Crippen molar-refractivity contribution < 1.29 is 4.79 Å². The predicted molar refractivity (Wildman–Crippen MR) is 95.8 cm³/mol. The van der Waals surface area contributed by atoms with E-state index in [4.69, 9.17) is 0 Å². The zero-order valence-electron chi connectivity index (χ0n) is 14.4. The molecule has 3 rings (SSSR count). The van der Waals surface area contributed by atoms with Crippen LogP contribution >= 0.6 is 0 Å². The molecule has 24 heavy (non-hydrogen) atoms. The largest absolute Gasteiger partial charge is 0.335 e. The predicted octanol–water partition coefficient (Wildman–Crippen LogP) is 3.38. The average Bonchev–Trinajstić information content (AvgIpc) is 3.13. The molecule has 1 fully saturated rings. The summed E-state index contributed by atoms with van der Waals surface area (Å²) in [6.07, 6.45) is 4.39. The van der Waals surface area contributed by atoms with Crippen LogP contribution < -0.4 is 0 Å². The first-order valence-electron chi connectivity index (χ1n) is 8.70. The van der Waals surface area contributed by atoms with E-state index in [1.54, 1.807) is 24.5 Å². The minimum Gasteiger partial charge on any atom is -0.335 e. The summed E-state index contributed by atoms with van der Waals surface area (Å²) in [5.74, 6) is 0.110. The summed E-state index contributed by atoms with van der Waals surface area (Å²) >= 11 is 0. The van der Waals surface area contributed by atoms with Gasteiger partial charge in [-0.3, -0.25) is 14.7 Å². The molecule has 1 saturated heterocycles. The molecular formula is C20H25N3O. The number of aromatic nitrogens is 1. The molecule has 0 radical (unpaired) electrons. The minimum atomic E-state index is 0.110. The van der Waals surface area contributed by atoms with E-state index in [0.717, 1.165) is 31.6 Å². The average molecular weight is 323 g/mol. The number of pyridine rings is 1. The maximum absolute atomic E-state index is 12.8. The standard InChI is InChI=1S/C20H25N3O/c1-3-23(20(24)18-9-12-21-13-10-18)19-11-14-22(15-19)16(2)17-7-5-4-6-8-17/h4-10,12-13,16,19H,3,11,14-15H2,1-2H3/t16-,19-/m0/s1. The van der Waals surface area contributed by atoms with Crippen LogP contribution in [0.25, 0.3) is 0 Å². The minimum absolute atomic E-state index is 0.110. The van der Waals surface area contributed by atoms with Crippen molar-refractivity contribution in [3.63, 3.8) is 0 Å². The fourth-order valence-corrected chi connectivity index (χ4v) is 3.54. The van der Waals surface area contributed by atoms with Crippen molar-refractivity contribution in [1.29, 1.82) is 0 Å². The number of hydrogen-bond acceptors (Lipinski definition) is 3. The molecule has 4 heteroatoms. The molecule has 0 aliphatic carbocycles. The Morgan fingerprint density at radius 1 is 1.25 bits per heavy atom. The molecule has 2 heterocycles. The maximum Gasteiger partial charge on any atom is 0.254 e. The molecule has 0 bridgehead atoms. The van der Waals surface area contributed by atoms with Crippen molar-refractivity contribution in [2.45, 2.75) is 32.4 Å². The lowest BCUT2D eigenvalue weighted by Gasteiger charge is -2.30. The molecule has 4 nitrogen and oxygen atoms in total. The normalized spacial score (nSPS) is 19.2. The summed E-state index contributed by atoms with van der Waals surface area (Å²) in [7, 11) is 0. The number of carbonyl (C=O) groups excluding carboxylic acids is 1. The van der Waals surface area contributed by atoms with Crippen molar-refractivity contribution in [3.8, 4) is 0 Å². The van der Waals surface area contributed by atoms with Crippen molar-refractivity contribution >= 4 is 5.91 Å². The monoisotopic (exact) mass is 323 g/mol. The summed E-state index contributed by atoms with van der Waals surface area (Å²) in [4.78, 5) is 21.3. The van der Waals surface area contributed by atoms with E-state index in [-0.39, 0.29) is 11.9 Å². The van der Waals surface area contributed by atoms with Crippen LogP contribution in [0.1, 0.15) is 42.2 Å². The van der Waals surface area contributed by atoms with Crippen molar-refractivity contribution in [2.75, 3.05) is 19.6 Å². The lowest BCUT2D eigenvalue weighted by molar-refractivity contribution is 0.0689. The van der Waals surface area contributed by atoms with Crippen molar-refractivity contribution in [3.05, 3.63) is 66.0 Å². The van der Waals surface area contributed by atoms with Crippen LogP contribution in [0.15, 0.2) is 54.9 Å². The van der Waals surface area contributed by atoms with Gasteiger partial charge in [-0.25, -0.2) is 0 Å². The Balaban J connectivity index is 1.68. The SMILES string of the molecule is CCN(C(=O)c1ccncc1)[C@H]1CCN([C@@H](C)c2ccccc2)C1. The third-order valence-electron chi connectivity index (χ3n) is 4.99. The zero-order valence-corrected chi connectivity index (χ0v) is 14.4. The summed E-state index contributed by atoms with van der Waals surface area (Å²) in [6, 6.07) is 14.8. The van der Waals surface area contributed by atoms with E-state index in [2.05, 4.69) is 54.1 Å². The van der Waals surface area contributed by atoms with Gasteiger partial charge in [0.2, 0.25) is 0 Å². The molecule has 2 aromatic rings. The molecule has 0 N–H and O–H groups in total. The van der Waals surface area contributed by atoms with Gasteiger partial charge in [0, 0.05) is 49.7 Å². The highest BCUT2D eigenvalue weighted by Gasteiger charge is 2.32. The Morgan fingerprint density at radius 3 is 2.62 bits per heavy atom. The number of amides is 1. The third kappa shape index (κ3) is 3.49. The first-order chi connectivity index (χ1) is 11.7. The van der Waals surface area contributed by atoms with E-state index in [0.29, 0.717) is 6.04 Å². The van der Waals surface area contributed by atoms with Crippen LogP contribution in [0.4, 0.5) is 0 Å². The lowest BCUT2D eigenvalue weighted by atomic mass is 10.1. The van der Waals surface area contributed by atoms with Gasteiger partial charge >= 0.3 is 0 Å². The molecule has 1 amide bonds. The molecular weight excluding hydrogens is 298 g/mol. The topological polar surface area (TPSA) is 36.4 Å². The molecule has 1 aromatic heterocycles. The maximum atomic E-state index is 12.8. The number of rotatable bonds is 5. The van der Waals surface area contributed by atoms with Crippen LogP contribution in [0.5, 0.6) is 0 Å². The first-order valence-corrected chi connectivity index (χ1v) is 8.70. The van der Waals surface area contributed by atoms with E-state index in [1.807, 2.05) is 4.90 Å². The summed E-state index contributed by atoms with van der Waals surface area (Å²) < 4.78 is 0. The molecule has 126 valence electrons. The Labute approximate surface area is 144 Å². The van der Waals surface area contributed by atoms with E-state index in [1.165, 1.54) is 5.56 Å². The number of likely N-dealkylation sites (tertiary alicyclic amines) is 1. The quantitative estimate of drug-likeness (QED) is 0.846.